The van der Waals surface area contributed by atoms with E-state index in [0.717, 1.165) is 36.5 Å². The highest BCUT2D eigenvalue weighted by Gasteiger charge is 2.32. The molecule has 7 heteroatoms. The molecule has 1 aromatic heterocycles. The zero-order chi connectivity index (χ0) is 25.2. The number of halogens is 4. The van der Waals surface area contributed by atoms with Crippen LogP contribution in [0.15, 0.2) is 60.8 Å². The third-order valence-electron chi connectivity index (χ3n) is 6.78. The first kappa shape index (κ1) is 24.9. The van der Waals surface area contributed by atoms with Crippen LogP contribution in [-0.2, 0) is 30.4 Å². The van der Waals surface area contributed by atoms with Crippen LogP contribution in [-0.4, -0.2) is 15.8 Å². The fraction of sp³-hybridized carbons (Fsp3) is 0.357. The second-order valence-electron chi connectivity index (χ2n) is 9.29. The van der Waals surface area contributed by atoms with Crippen molar-refractivity contribution in [3.8, 4) is 0 Å². The summed E-state index contributed by atoms with van der Waals surface area (Å²) in [4.78, 5) is 18.8. The van der Waals surface area contributed by atoms with E-state index in [9.17, 15) is 22.4 Å². The van der Waals surface area contributed by atoms with Gasteiger partial charge in [0.25, 0.3) is 0 Å². The Morgan fingerprint density at radius 2 is 1.66 bits per heavy atom. The normalized spacial score (nSPS) is 14.9. The van der Waals surface area contributed by atoms with Crippen molar-refractivity contribution in [1.29, 1.82) is 0 Å². The summed E-state index contributed by atoms with van der Waals surface area (Å²) in [7, 11) is 0. The van der Waals surface area contributed by atoms with Crippen LogP contribution in [0.25, 0.3) is 0 Å². The van der Waals surface area contributed by atoms with E-state index in [0.29, 0.717) is 5.56 Å². The van der Waals surface area contributed by atoms with Crippen LogP contribution in [0, 0.1) is 5.82 Å². The van der Waals surface area contributed by atoms with Gasteiger partial charge >= 0.3 is 6.18 Å². The first-order valence-electron chi connectivity index (χ1n) is 11.8. The third kappa shape index (κ3) is 5.89. The van der Waals surface area contributed by atoms with E-state index in [1.54, 1.807) is 17.0 Å². The van der Waals surface area contributed by atoms with Gasteiger partial charge in [0, 0.05) is 19.2 Å². The van der Waals surface area contributed by atoms with E-state index in [2.05, 4.69) is 17.1 Å². The summed E-state index contributed by atoms with van der Waals surface area (Å²) in [5, 5.41) is 0. The number of hydrogen-bond acceptors (Lipinski definition) is 2. The molecule has 3 nitrogen and oxygen atoms in total. The van der Waals surface area contributed by atoms with Crippen molar-refractivity contribution in [1.82, 2.24) is 9.88 Å². The Hall–Kier alpha value is -3.22. The number of rotatable bonds is 7. The molecule has 0 saturated heterocycles. The van der Waals surface area contributed by atoms with Crippen LogP contribution >= 0.6 is 0 Å². The lowest BCUT2D eigenvalue weighted by molar-refractivity contribution is -0.141. The van der Waals surface area contributed by atoms with Crippen molar-refractivity contribution in [3.05, 3.63) is 100 Å². The third-order valence-corrected chi connectivity index (χ3v) is 6.78. The van der Waals surface area contributed by atoms with E-state index >= 15 is 0 Å². The zero-order valence-corrected chi connectivity index (χ0v) is 19.8. The number of aryl methyl sites for hydroxylation is 2. The molecular weight excluding hydrogens is 456 g/mol. The van der Waals surface area contributed by atoms with Crippen LogP contribution < -0.4 is 0 Å². The molecule has 1 amide bonds. The maximum absolute atomic E-state index is 13.5. The molecule has 0 bridgehead atoms. The van der Waals surface area contributed by atoms with Gasteiger partial charge in [0.15, 0.2) is 0 Å². The maximum atomic E-state index is 13.5. The number of aromatic nitrogens is 1. The van der Waals surface area contributed by atoms with Gasteiger partial charge in [-0.05, 0) is 78.1 Å². The molecule has 1 heterocycles. The van der Waals surface area contributed by atoms with Crippen molar-refractivity contribution in [2.75, 3.05) is 0 Å². The molecule has 1 aliphatic rings. The van der Waals surface area contributed by atoms with Crippen LogP contribution in [0.1, 0.15) is 72.2 Å². The Labute approximate surface area is 202 Å². The number of nitrogens with zero attached hydrogens (tertiary/aromatic N) is 2. The van der Waals surface area contributed by atoms with Crippen molar-refractivity contribution >= 4 is 5.91 Å². The highest BCUT2D eigenvalue weighted by molar-refractivity contribution is 5.77. The average Bonchev–Trinajstić information content (AvgIpc) is 3.30. The van der Waals surface area contributed by atoms with E-state index in [1.807, 2.05) is 19.9 Å². The Morgan fingerprint density at radius 1 is 0.971 bits per heavy atom. The predicted molar refractivity (Wildman–Crippen MR) is 126 cm³/mol. The van der Waals surface area contributed by atoms with Gasteiger partial charge in [-0.3, -0.25) is 9.78 Å². The number of hydrogen-bond donors (Lipinski definition) is 0. The summed E-state index contributed by atoms with van der Waals surface area (Å²) >= 11 is 0. The molecule has 0 N–H and O–H groups in total. The van der Waals surface area contributed by atoms with Crippen LogP contribution in [0.3, 0.4) is 0 Å². The number of carbonyl (C=O) groups is 1. The van der Waals surface area contributed by atoms with Crippen molar-refractivity contribution < 1.29 is 22.4 Å². The molecule has 3 aromatic rings. The highest BCUT2D eigenvalue weighted by Crippen LogP contribution is 2.31. The van der Waals surface area contributed by atoms with Gasteiger partial charge < -0.3 is 4.90 Å². The number of pyridine rings is 1. The Kier molecular flexibility index (Phi) is 7.24. The van der Waals surface area contributed by atoms with E-state index in [4.69, 9.17) is 0 Å². The highest BCUT2D eigenvalue weighted by atomic mass is 19.4. The largest absolute Gasteiger partial charge is 0.433 e. The molecule has 2 aromatic carbocycles. The minimum atomic E-state index is -4.52. The van der Waals surface area contributed by atoms with Gasteiger partial charge in [0.2, 0.25) is 5.91 Å². The first-order chi connectivity index (χ1) is 16.6. The van der Waals surface area contributed by atoms with Crippen LogP contribution in [0.2, 0.25) is 0 Å². The fourth-order valence-electron chi connectivity index (χ4n) is 4.64. The molecule has 4 rings (SSSR count). The monoisotopic (exact) mass is 484 g/mol. The number of fused-ring (bicyclic) bond motifs is 1. The summed E-state index contributed by atoms with van der Waals surface area (Å²) in [6.07, 6.45) is 0.0305. The number of carbonyl (C=O) groups excluding carboxylic acids is 1. The van der Waals surface area contributed by atoms with Gasteiger partial charge in [-0.1, -0.05) is 43.3 Å². The van der Waals surface area contributed by atoms with Gasteiger partial charge in [-0.15, -0.1) is 0 Å². The predicted octanol–water partition coefficient (Wildman–Crippen LogP) is 7.01. The van der Waals surface area contributed by atoms with Gasteiger partial charge in [-0.25, -0.2) is 4.39 Å². The molecule has 0 spiro atoms. The fourth-order valence-corrected chi connectivity index (χ4v) is 4.64. The Morgan fingerprint density at radius 3 is 2.31 bits per heavy atom. The lowest BCUT2D eigenvalue weighted by atomic mass is 9.95. The van der Waals surface area contributed by atoms with Crippen LogP contribution in [0.4, 0.5) is 17.6 Å². The van der Waals surface area contributed by atoms with E-state index in [-0.39, 0.29) is 36.6 Å². The quantitative estimate of drug-likeness (QED) is 0.338. The molecule has 2 atom stereocenters. The molecule has 184 valence electrons. The smallest absolute Gasteiger partial charge is 0.332 e. The second-order valence-corrected chi connectivity index (χ2v) is 9.29. The standard InChI is InChI=1S/C28H28F4N2O/c1-18(21-9-11-25(29)12-10-21)14-27(35)34(17-20-6-13-26(33-16-20)28(30,31)32)19(2)23-8-7-22-4-3-5-24(22)15-23/h6-13,15-16,18-19H,3-5,14,17H2,1-2H3/t18-,19+/m0/s1. The van der Waals surface area contributed by atoms with E-state index in [1.165, 1.54) is 35.5 Å². The molecule has 0 fully saturated rings. The molecule has 35 heavy (non-hydrogen) atoms. The SMILES string of the molecule is C[C@H](c1ccc2c(c1)CCC2)N(Cc1ccc(C(F)(F)F)nc1)C(=O)C[C@H](C)c1ccc(F)cc1. The average molecular weight is 485 g/mol. The summed E-state index contributed by atoms with van der Waals surface area (Å²) in [6, 6.07) is 14.4. The minimum absolute atomic E-state index is 0.130. The summed E-state index contributed by atoms with van der Waals surface area (Å²) in [5.74, 6) is -0.618. The molecule has 0 unspecified atom stereocenters. The Balaban J connectivity index is 1.59. The topological polar surface area (TPSA) is 33.2 Å². The van der Waals surface area contributed by atoms with Crippen molar-refractivity contribution in [2.24, 2.45) is 0 Å². The van der Waals surface area contributed by atoms with E-state index < -0.39 is 11.9 Å². The van der Waals surface area contributed by atoms with Crippen molar-refractivity contribution in [2.45, 2.75) is 64.2 Å². The summed E-state index contributed by atoms with van der Waals surface area (Å²) < 4.78 is 52.2. The number of amides is 1. The van der Waals surface area contributed by atoms with Crippen molar-refractivity contribution in [3.63, 3.8) is 0 Å². The molecule has 0 aliphatic heterocycles. The Bertz CT molecular complexity index is 1170. The molecule has 0 saturated carbocycles. The van der Waals surface area contributed by atoms with Gasteiger partial charge in [0.05, 0.1) is 6.04 Å². The zero-order valence-electron chi connectivity index (χ0n) is 19.8. The second kappa shape index (κ2) is 10.2. The minimum Gasteiger partial charge on any atom is -0.332 e. The summed E-state index contributed by atoms with van der Waals surface area (Å²) in [5.41, 5.74) is 4.02. The number of alkyl halides is 3. The van der Waals surface area contributed by atoms with Crippen LogP contribution in [0.5, 0.6) is 0 Å². The summed E-state index contributed by atoms with van der Waals surface area (Å²) in [6.45, 7) is 3.98. The lowest BCUT2D eigenvalue weighted by Gasteiger charge is -2.31. The molecule has 1 aliphatic carbocycles. The lowest BCUT2D eigenvalue weighted by Crippen LogP contribution is -2.34. The van der Waals surface area contributed by atoms with Gasteiger partial charge in [0.1, 0.15) is 11.5 Å². The number of benzene rings is 2. The maximum Gasteiger partial charge on any atom is 0.433 e. The molecule has 0 radical (unpaired) electrons. The molecular formula is C28H28F4N2O. The first-order valence-corrected chi connectivity index (χ1v) is 11.8. The van der Waals surface area contributed by atoms with Gasteiger partial charge in [-0.2, -0.15) is 13.2 Å².